The third-order valence-electron chi connectivity index (χ3n) is 3.35. The normalized spacial score (nSPS) is 13.1. The number of hydrogen-bond donors (Lipinski definition) is 2. The van der Waals surface area contributed by atoms with Crippen LogP contribution in [-0.4, -0.2) is 23.2 Å². The number of ether oxygens (including phenoxy) is 1. The fourth-order valence-electron chi connectivity index (χ4n) is 2.40. The minimum atomic E-state index is -0.173. The van der Waals surface area contributed by atoms with E-state index in [0.717, 1.165) is 30.5 Å². The molecule has 1 aliphatic carbocycles. The first-order chi connectivity index (χ1) is 9.28. The van der Waals surface area contributed by atoms with E-state index in [4.69, 9.17) is 4.74 Å². The van der Waals surface area contributed by atoms with Gasteiger partial charge in [-0.1, -0.05) is 6.07 Å². The van der Waals surface area contributed by atoms with Gasteiger partial charge in [-0.05, 0) is 31.4 Å². The fraction of sp³-hybridized carbons (Fsp3) is 0.286. The van der Waals surface area contributed by atoms with Crippen molar-refractivity contribution in [2.45, 2.75) is 19.3 Å². The van der Waals surface area contributed by atoms with Crippen molar-refractivity contribution >= 4 is 11.6 Å². The number of aryl methyl sites for hydroxylation is 1. The molecule has 1 aliphatic rings. The number of amides is 1. The number of nitrogens with one attached hydrogen (secondary N) is 2. The van der Waals surface area contributed by atoms with Crippen LogP contribution in [0.5, 0.6) is 5.75 Å². The Bertz CT molecular complexity index is 619. The molecule has 1 heterocycles. The second kappa shape index (κ2) is 4.76. The molecular weight excluding hydrogens is 242 g/mol. The summed E-state index contributed by atoms with van der Waals surface area (Å²) < 4.78 is 5.13. The summed E-state index contributed by atoms with van der Waals surface area (Å²) in [6.45, 7) is 0. The number of carbonyl (C=O) groups is 1. The first kappa shape index (κ1) is 11.8. The Morgan fingerprint density at radius 3 is 3.16 bits per heavy atom. The minimum Gasteiger partial charge on any atom is -0.497 e. The Morgan fingerprint density at radius 2 is 2.32 bits per heavy atom. The van der Waals surface area contributed by atoms with Gasteiger partial charge in [-0.2, -0.15) is 5.10 Å². The van der Waals surface area contributed by atoms with Gasteiger partial charge in [-0.15, -0.1) is 0 Å². The molecule has 2 aromatic rings. The van der Waals surface area contributed by atoms with Crippen molar-refractivity contribution in [1.29, 1.82) is 0 Å². The average Bonchev–Trinajstić information content (AvgIpc) is 3.01. The van der Waals surface area contributed by atoms with Gasteiger partial charge in [-0.3, -0.25) is 9.89 Å². The van der Waals surface area contributed by atoms with E-state index in [2.05, 4.69) is 15.5 Å². The van der Waals surface area contributed by atoms with Crippen molar-refractivity contribution < 1.29 is 9.53 Å². The van der Waals surface area contributed by atoms with E-state index in [1.54, 1.807) is 13.2 Å². The quantitative estimate of drug-likeness (QED) is 0.885. The molecule has 0 unspecified atom stereocenters. The van der Waals surface area contributed by atoms with Gasteiger partial charge in [0.15, 0.2) is 5.69 Å². The van der Waals surface area contributed by atoms with Gasteiger partial charge in [0.05, 0.1) is 7.11 Å². The standard InChI is InChI=1S/C14H15N3O2/c1-19-10-5-2-4-9(8-10)15-14(18)13-11-6-3-7-12(11)16-17-13/h2,4-5,8H,3,6-7H2,1H3,(H,15,18)(H,16,17). The number of nitrogens with zero attached hydrogens (tertiary/aromatic N) is 1. The molecule has 2 N–H and O–H groups in total. The molecule has 0 saturated heterocycles. The van der Waals surface area contributed by atoms with Crippen LogP contribution in [0.3, 0.4) is 0 Å². The predicted molar refractivity (Wildman–Crippen MR) is 71.6 cm³/mol. The number of H-pyrrole nitrogens is 1. The molecule has 0 saturated carbocycles. The van der Waals surface area contributed by atoms with Gasteiger partial charge in [-0.25, -0.2) is 0 Å². The van der Waals surface area contributed by atoms with E-state index in [1.807, 2.05) is 18.2 Å². The number of fused-ring (bicyclic) bond motifs is 1. The van der Waals surface area contributed by atoms with E-state index in [9.17, 15) is 4.79 Å². The monoisotopic (exact) mass is 257 g/mol. The number of rotatable bonds is 3. The lowest BCUT2D eigenvalue weighted by molar-refractivity contribution is 0.102. The average molecular weight is 257 g/mol. The fourth-order valence-corrected chi connectivity index (χ4v) is 2.40. The van der Waals surface area contributed by atoms with Crippen LogP contribution in [0.2, 0.25) is 0 Å². The van der Waals surface area contributed by atoms with Crippen LogP contribution in [-0.2, 0) is 12.8 Å². The summed E-state index contributed by atoms with van der Waals surface area (Å²) in [7, 11) is 1.60. The van der Waals surface area contributed by atoms with Crippen LogP contribution in [0.1, 0.15) is 28.2 Å². The van der Waals surface area contributed by atoms with E-state index in [1.165, 1.54) is 0 Å². The zero-order valence-electron chi connectivity index (χ0n) is 10.7. The first-order valence-electron chi connectivity index (χ1n) is 6.29. The molecule has 1 amide bonds. The highest BCUT2D eigenvalue weighted by atomic mass is 16.5. The van der Waals surface area contributed by atoms with Crippen LogP contribution in [0.25, 0.3) is 0 Å². The molecule has 19 heavy (non-hydrogen) atoms. The van der Waals surface area contributed by atoms with E-state index in [0.29, 0.717) is 17.1 Å². The van der Waals surface area contributed by atoms with Gasteiger partial charge in [0.1, 0.15) is 5.75 Å². The van der Waals surface area contributed by atoms with Gasteiger partial charge in [0, 0.05) is 23.0 Å². The zero-order valence-corrected chi connectivity index (χ0v) is 10.7. The minimum absolute atomic E-state index is 0.173. The molecule has 0 fully saturated rings. The Hall–Kier alpha value is -2.30. The van der Waals surface area contributed by atoms with E-state index >= 15 is 0 Å². The highest BCUT2D eigenvalue weighted by molar-refractivity contribution is 6.04. The number of aromatic amines is 1. The third kappa shape index (κ3) is 2.19. The van der Waals surface area contributed by atoms with Gasteiger partial charge < -0.3 is 10.1 Å². The van der Waals surface area contributed by atoms with Crippen LogP contribution >= 0.6 is 0 Å². The number of anilines is 1. The lowest BCUT2D eigenvalue weighted by atomic mass is 10.2. The Morgan fingerprint density at radius 1 is 1.42 bits per heavy atom. The second-order valence-corrected chi connectivity index (χ2v) is 4.57. The number of aromatic nitrogens is 2. The largest absolute Gasteiger partial charge is 0.497 e. The SMILES string of the molecule is COc1cccc(NC(=O)c2n[nH]c3c2CCC3)c1. The molecule has 5 heteroatoms. The highest BCUT2D eigenvalue weighted by Crippen LogP contribution is 2.24. The summed E-state index contributed by atoms with van der Waals surface area (Å²) in [5.41, 5.74) is 3.37. The topological polar surface area (TPSA) is 67.0 Å². The second-order valence-electron chi connectivity index (χ2n) is 4.57. The first-order valence-corrected chi connectivity index (χ1v) is 6.29. The summed E-state index contributed by atoms with van der Waals surface area (Å²) in [5, 5.41) is 9.90. The van der Waals surface area contributed by atoms with Crippen molar-refractivity contribution in [1.82, 2.24) is 10.2 Å². The molecule has 3 rings (SSSR count). The summed E-state index contributed by atoms with van der Waals surface area (Å²) in [4.78, 5) is 12.2. The number of methoxy groups -OCH3 is 1. The van der Waals surface area contributed by atoms with E-state index < -0.39 is 0 Å². The molecule has 0 spiro atoms. The van der Waals surface area contributed by atoms with Crippen molar-refractivity contribution in [3.63, 3.8) is 0 Å². The molecule has 0 atom stereocenters. The Kier molecular flexibility index (Phi) is 2.95. The molecule has 0 aliphatic heterocycles. The maximum absolute atomic E-state index is 12.2. The van der Waals surface area contributed by atoms with Gasteiger partial charge >= 0.3 is 0 Å². The van der Waals surface area contributed by atoms with Gasteiger partial charge in [0.25, 0.3) is 5.91 Å². The van der Waals surface area contributed by atoms with Crippen LogP contribution in [0.4, 0.5) is 5.69 Å². The summed E-state index contributed by atoms with van der Waals surface area (Å²) in [6, 6.07) is 7.28. The number of benzene rings is 1. The van der Waals surface area contributed by atoms with E-state index in [-0.39, 0.29) is 5.91 Å². The molecule has 0 radical (unpaired) electrons. The Balaban J connectivity index is 1.80. The molecular formula is C14H15N3O2. The molecule has 0 bridgehead atoms. The third-order valence-corrected chi connectivity index (χ3v) is 3.35. The van der Waals surface area contributed by atoms with Crippen LogP contribution in [0, 0.1) is 0 Å². The van der Waals surface area contributed by atoms with Crippen molar-refractivity contribution in [2.75, 3.05) is 12.4 Å². The smallest absolute Gasteiger partial charge is 0.276 e. The maximum atomic E-state index is 12.2. The summed E-state index contributed by atoms with van der Waals surface area (Å²) >= 11 is 0. The summed E-state index contributed by atoms with van der Waals surface area (Å²) in [6.07, 6.45) is 2.99. The molecule has 5 nitrogen and oxygen atoms in total. The predicted octanol–water partition coefficient (Wildman–Crippen LogP) is 2.16. The molecule has 1 aromatic heterocycles. The lowest BCUT2D eigenvalue weighted by Gasteiger charge is -2.06. The zero-order chi connectivity index (χ0) is 13.2. The summed E-state index contributed by atoms with van der Waals surface area (Å²) in [5.74, 6) is 0.540. The number of carbonyl (C=O) groups excluding carboxylic acids is 1. The molecule has 1 aromatic carbocycles. The van der Waals surface area contributed by atoms with Gasteiger partial charge in [0.2, 0.25) is 0 Å². The van der Waals surface area contributed by atoms with Crippen LogP contribution in [0.15, 0.2) is 24.3 Å². The van der Waals surface area contributed by atoms with Crippen molar-refractivity contribution in [3.8, 4) is 5.75 Å². The highest BCUT2D eigenvalue weighted by Gasteiger charge is 2.22. The maximum Gasteiger partial charge on any atom is 0.276 e. The van der Waals surface area contributed by atoms with Crippen LogP contribution < -0.4 is 10.1 Å². The Labute approximate surface area is 111 Å². The van der Waals surface area contributed by atoms with Crippen molar-refractivity contribution in [3.05, 3.63) is 41.2 Å². The van der Waals surface area contributed by atoms with Crippen molar-refractivity contribution in [2.24, 2.45) is 0 Å². The lowest BCUT2D eigenvalue weighted by Crippen LogP contribution is -2.14. The number of hydrogen-bond acceptors (Lipinski definition) is 3. The molecule has 98 valence electrons.